The number of carboxylic acid groups (broad SMARTS) is 1. The number of benzene rings is 3. The van der Waals surface area contributed by atoms with E-state index >= 15 is 0 Å². The Morgan fingerprint density at radius 3 is 2.51 bits per heavy atom. The number of pyridine rings is 2. The molecule has 5 heterocycles. The molecule has 71 heavy (non-hydrogen) atoms. The van der Waals surface area contributed by atoms with Gasteiger partial charge in [0.2, 0.25) is 24.6 Å². The summed E-state index contributed by atoms with van der Waals surface area (Å²) < 4.78 is 18.5. The van der Waals surface area contributed by atoms with Crippen molar-refractivity contribution in [3.8, 4) is 17.2 Å². The zero-order valence-electron chi connectivity index (χ0n) is 39.2. The van der Waals surface area contributed by atoms with Crippen LogP contribution >= 0.6 is 21.6 Å². The van der Waals surface area contributed by atoms with Crippen LogP contribution in [0, 0.1) is 6.92 Å². The Morgan fingerprint density at radius 1 is 0.972 bits per heavy atom. The summed E-state index contributed by atoms with van der Waals surface area (Å²) >= 11 is 0. The number of aromatic nitrogens is 6. The SMILES string of the molecule is COc1cc2c(=O)n(CCN(C)C(=O)CCC(C)SSCCNC(=O)CC[C@H](NC(=O)c3ccc(NCc4cnc5nc(N)[nH]c(=O)c5n4)cc3)C(=O)O)c3c4cc5c(cc4ncc3c2cc1C)OCO5. The number of anilines is 2. The van der Waals surface area contributed by atoms with Crippen molar-refractivity contribution in [1.29, 1.82) is 0 Å². The van der Waals surface area contributed by atoms with Crippen molar-refractivity contribution in [2.75, 3.05) is 50.8 Å². The minimum atomic E-state index is -1.29. The zero-order valence-corrected chi connectivity index (χ0v) is 40.8. The Bertz CT molecular complexity index is 3320. The standard InChI is InChI=1S/C48H51N11O10S2/c1-25-17-30-31(18-36(25)67-4)46(64)59(42-32-19-37-38(69-24-68-37)20-35(32)52-23-33(30)42)15-14-58(3)40(61)12-5-26(2)71-70-16-13-50-39(60)11-10-34(47(65)66)55-44(62)27-6-8-28(9-7-27)51-21-29-22-53-43-41(54-29)45(63)57-48(49)56-43/h6-9,17-20,22-23,26,34,51H,5,10-16,21,24H2,1-4H3,(H,50,60)(H,55,62)(H,65,66)(H3,49,53,56,57,63)/t26?,34-/m0/s1. The number of aliphatic carboxylic acids is 1. The number of nitrogens with one attached hydrogen (secondary N) is 4. The topological polar surface area (TPSA) is 288 Å². The average Bonchev–Trinajstić information content (AvgIpc) is 3.82. The zero-order chi connectivity index (χ0) is 50.3. The number of ether oxygens (including phenoxy) is 3. The van der Waals surface area contributed by atoms with Crippen LogP contribution in [0.4, 0.5) is 11.6 Å². The first kappa shape index (κ1) is 49.8. The van der Waals surface area contributed by atoms with Gasteiger partial charge in [0, 0.05) is 84.8 Å². The second-order valence-corrected chi connectivity index (χ2v) is 19.7. The minimum absolute atomic E-state index is 0.0476. The molecule has 1 aliphatic heterocycles. The number of hydrogen-bond donors (Lipinski definition) is 6. The van der Waals surface area contributed by atoms with Gasteiger partial charge in [-0.2, -0.15) is 4.98 Å². The summed E-state index contributed by atoms with van der Waals surface area (Å²) in [6.07, 6.45) is 3.91. The number of nitrogens with two attached hydrogens (primary N) is 1. The molecule has 2 atom stereocenters. The molecule has 0 saturated heterocycles. The van der Waals surface area contributed by atoms with E-state index in [1.165, 1.54) is 18.3 Å². The van der Waals surface area contributed by atoms with Crippen LogP contribution in [0.15, 0.2) is 70.5 Å². The molecule has 370 valence electrons. The molecule has 3 aromatic carbocycles. The lowest BCUT2D eigenvalue weighted by Gasteiger charge is -2.21. The van der Waals surface area contributed by atoms with Crippen molar-refractivity contribution in [2.24, 2.45) is 0 Å². The number of H-pyrrole nitrogens is 1. The van der Waals surface area contributed by atoms with E-state index in [0.29, 0.717) is 70.2 Å². The highest BCUT2D eigenvalue weighted by Crippen LogP contribution is 2.39. The number of hydrogen-bond acceptors (Lipinski definition) is 17. The van der Waals surface area contributed by atoms with Gasteiger partial charge in [0.05, 0.1) is 42.0 Å². The maximum absolute atomic E-state index is 14.3. The predicted octanol–water partition coefficient (Wildman–Crippen LogP) is 4.76. The van der Waals surface area contributed by atoms with Crippen molar-refractivity contribution in [3.05, 3.63) is 98.5 Å². The number of aryl methyl sites for hydroxylation is 1. The number of nitrogen functional groups attached to an aromatic ring is 1. The minimum Gasteiger partial charge on any atom is -0.496 e. The quantitative estimate of drug-likeness (QED) is 0.0321. The average molecular weight is 1010 g/mol. The third-order valence-electron chi connectivity index (χ3n) is 11.9. The van der Waals surface area contributed by atoms with Crippen LogP contribution in [0.3, 0.4) is 0 Å². The maximum atomic E-state index is 14.3. The smallest absolute Gasteiger partial charge is 0.326 e. The highest BCUT2D eigenvalue weighted by molar-refractivity contribution is 8.76. The van der Waals surface area contributed by atoms with Crippen LogP contribution in [0.5, 0.6) is 17.2 Å². The molecule has 3 amide bonds. The second-order valence-electron chi connectivity index (χ2n) is 16.8. The molecule has 0 spiro atoms. The second kappa shape index (κ2) is 22.0. The van der Waals surface area contributed by atoms with Crippen LogP contribution < -0.4 is 47.0 Å². The number of rotatable bonds is 21. The van der Waals surface area contributed by atoms with Gasteiger partial charge in [-0.1, -0.05) is 28.5 Å². The number of fused-ring (bicyclic) bond motifs is 7. The normalized spacial score (nSPS) is 12.8. The summed E-state index contributed by atoms with van der Waals surface area (Å²) in [5.41, 5.74) is 8.54. The molecule has 4 aromatic heterocycles. The van der Waals surface area contributed by atoms with E-state index in [1.807, 2.05) is 32.0 Å². The molecular weight excluding hydrogens is 955 g/mol. The van der Waals surface area contributed by atoms with Crippen molar-refractivity contribution >= 4 is 101 Å². The van der Waals surface area contributed by atoms with Gasteiger partial charge in [-0.15, -0.1) is 0 Å². The number of carbonyl (C=O) groups is 4. The van der Waals surface area contributed by atoms with E-state index in [2.05, 4.69) is 35.9 Å². The Morgan fingerprint density at radius 2 is 1.75 bits per heavy atom. The summed E-state index contributed by atoms with van der Waals surface area (Å²) in [5.74, 6) is -0.0194. The lowest BCUT2D eigenvalue weighted by Crippen LogP contribution is -2.41. The molecule has 0 radical (unpaired) electrons. The van der Waals surface area contributed by atoms with Gasteiger partial charge in [-0.05, 0) is 73.2 Å². The van der Waals surface area contributed by atoms with Crippen LogP contribution in [-0.2, 0) is 27.5 Å². The van der Waals surface area contributed by atoms with Gasteiger partial charge in [0.25, 0.3) is 17.0 Å². The molecule has 0 bridgehead atoms. The first-order chi connectivity index (χ1) is 34.2. The van der Waals surface area contributed by atoms with Crippen LogP contribution in [-0.4, -0.2) is 114 Å². The Hall–Kier alpha value is -7.66. The Balaban J connectivity index is 0.753. The summed E-state index contributed by atoms with van der Waals surface area (Å²) in [6.45, 7) is 5.12. The van der Waals surface area contributed by atoms with E-state index in [9.17, 15) is 33.9 Å². The fourth-order valence-corrected chi connectivity index (χ4v) is 10.3. The molecule has 0 saturated carbocycles. The molecule has 7 N–H and O–H groups in total. The molecular formula is C48H51N11O10S2. The van der Waals surface area contributed by atoms with Gasteiger partial charge >= 0.3 is 5.97 Å². The van der Waals surface area contributed by atoms with Crippen LogP contribution in [0.1, 0.15) is 54.2 Å². The third-order valence-corrected chi connectivity index (χ3v) is 14.8. The Labute approximate surface area is 413 Å². The van der Waals surface area contributed by atoms with Gasteiger partial charge in [-0.25, -0.2) is 14.8 Å². The van der Waals surface area contributed by atoms with Gasteiger partial charge in [0.15, 0.2) is 22.7 Å². The van der Waals surface area contributed by atoms with Crippen molar-refractivity contribution in [2.45, 2.75) is 63.9 Å². The fraction of sp³-hybridized carbons (Fsp3) is 0.333. The number of aromatic amines is 1. The highest BCUT2D eigenvalue weighted by atomic mass is 33.1. The number of nitrogens with zero attached hydrogens (tertiary/aromatic N) is 6. The molecule has 7 aromatic rings. The maximum Gasteiger partial charge on any atom is 0.326 e. The molecule has 0 aliphatic carbocycles. The number of likely N-dealkylation sites (N-methyl/N-ethyl adjacent to an activating group) is 1. The van der Waals surface area contributed by atoms with Crippen molar-refractivity contribution < 1.29 is 38.5 Å². The number of carbonyl (C=O) groups excluding carboxylic acids is 3. The lowest BCUT2D eigenvalue weighted by molar-refractivity contribution is -0.139. The highest BCUT2D eigenvalue weighted by Gasteiger charge is 2.24. The van der Waals surface area contributed by atoms with E-state index in [1.54, 1.807) is 69.6 Å². The Kier molecular flexibility index (Phi) is 15.4. The van der Waals surface area contributed by atoms with Gasteiger partial charge in [-0.3, -0.25) is 33.9 Å². The number of methoxy groups -OCH3 is 1. The predicted molar refractivity (Wildman–Crippen MR) is 272 cm³/mol. The van der Waals surface area contributed by atoms with E-state index < -0.39 is 23.5 Å². The summed E-state index contributed by atoms with van der Waals surface area (Å²) in [4.78, 5) is 98.5. The summed E-state index contributed by atoms with van der Waals surface area (Å²) in [5, 5.41) is 21.1. The number of amides is 3. The molecule has 0 fully saturated rings. The summed E-state index contributed by atoms with van der Waals surface area (Å²) in [7, 11) is 6.46. The van der Waals surface area contributed by atoms with Crippen molar-refractivity contribution in [3.63, 3.8) is 0 Å². The molecule has 1 aliphatic rings. The monoisotopic (exact) mass is 1010 g/mol. The fourth-order valence-electron chi connectivity index (χ4n) is 8.01. The van der Waals surface area contributed by atoms with Crippen LogP contribution in [0.2, 0.25) is 0 Å². The first-order valence-electron chi connectivity index (χ1n) is 22.6. The molecule has 23 heteroatoms. The van der Waals surface area contributed by atoms with Crippen LogP contribution in [0.25, 0.3) is 43.7 Å². The molecule has 21 nitrogen and oxygen atoms in total. The first-order valence-corrected chi connectivity index (χ1v) is 25.0. The van der Waals surface area contributed by atoms with Gasteiger partial charge < -0.3 is 50.5 Å². The third kappa shape index (κ3) is 11.5. The largest absolute Gasteiger partial charge is 0.496 e. The molecule has 1 unspecified atom stereocenters. The summed E-state index contributed by atoms with van der Waals surface area (Å²) in [6, 6.07) is 12.4. The van der Waals surface area contributed by atoms with E-state index in [4.69, 9.17) is 24.9 Å². The van der Waals surface area contributed by atoms with Gasteiger partial charge in [0.1, 0.15) is 11.8 Å². The number of carboxylic acids is 1. The molecule has 8 rings (SSSR count). The van der Waals surface area contributed by atoms with Crippen molar-refractivity contribution in [1.82, 2.24) is 45.0 Å². The lowest BCUT2D eigenvalue weighted by atomic mass is 10.0. The van der Waals surface area contributed by atoms with E-state index in [0.717, 1.165) is 21.7 Å². The van der Waals surface area contributed by atoms with E-state index in [-0.39, 0.29) is 84.6 Å².